The lowest BCUT2D eigenvalue weighted by Gasteiger charge is -2.00. The van der Waals surface area contributed by atoms with Crippen LogP contribution in [0.4, 0.5) is 0 Å². The molecule has 0 atom stereocenters. The molecule has 0 fully saturated rings. The van der Waals surface area contributed by atoms with Gasteiger partial charge in [-0.3, -0.25) is 4.79 Å². The molecule has 80 valence electrons. The molecule has 3 heterocycles. The van der Waals surface area contributed by atoms with Gasteiger partial charge in [0.2, 0.25) is 0 Å². The summed E-state index contributed by atoms with van der Waals surface area (Å²) in [5.41, 5.74) is 1.45. The Morgan fingerprint density at radius 1 is 1.25 bits per heavy atom. The molecule has 0 radical (unpaired) electrons. The van der Waals surface area contributed by atoms with Gasteiger partial charge in [0.25, 0.3) is 11.3 Å². The van der Waals surface area contributed by atoms with Crippen molar-refractivity contribution in [3.63, 3.8) is 0 Å². The molecule has 0 saturated carbocycles. The van der Waals surface area contributed by atoms with Crippen LogP contribution in [0, 0.1) is 13.8 Å². The van der Waals surface area contributed by atoms with Gasteiger partial charge in [-0.05, 0) is 13.8 Å². The fourth-order valence-electron chi connectivity index (χ4n) is 1.53. The number of hydrogen-bond acceptors (Lipinski definition) is 5. The van der Waals surface area contributed by atoms with Gasteiger partial charge in [0, 0.05) is 6.07 Å². The molecule has 0 unspecified atom stereocenters. The minimum absolute atomic E-state index is 0.336. The number of aromatic nitrogens is 6. The van der Waals surface area contributed by atoms with Crippen LogP contribution in [0.5, 0.6) is 0 Å². The Bertz CT molecular complexity index is 756. The van der Waals surface area contributed by atoms with E-state index in [0.717, 1.165) is 5.69 Å². The Morgan fingerprint density at radius 3 is 2.88 bits per heavy atom. The Hall–Kier alpha value is -2.31. The average molecular weight is 216 g/mol. The highest BCUT2D eigenvalue weighted by Gasteiger charge is 2.07. The molecule has 7 nitrogen and oxygen atoms in total. The maximum absolute atomic E-state index is 11.4. The lowest BCUT2D eigenvalue weighted by Crippen LogP contribution is -2.18. The molecule has 0 saturated heterocycles. The van der Waals surface area contributed by atoms with Gasteiger partial charge in [-0.1, -0.05) is 0 Å². The van der Waals surface area contributed by atoms with Gasteiger partial charge in [0.05, 0.1) is 5.69 Å². The van der Waals surface area contributed by atoms with Crippen LogP contribution in [-0.2, 0) is 0 Å². The molecule has 3 rings (SSSR count). The van der Waals surface area contributed by atoms with E-state index >= 15 is 0 Å². The van der Waals surface area contributed by atoms with Gasteiger partial charge in [0.15, 0.2) is 5.65 Å². The first-order valence-electron chi connectivity index (χ1n) is 4.74. The van der Waals surface area contributed by atoms with E-state index in [4.69, 9.17) is 0 Å². The summed E-state index contributed by atoms with van der Waals surface area (Å²) in [7, 11) is 0. The van der Waals surface area contributed by atoms with Crippen molar-refractivity contribution in [1.29, 1.82) is 0 Å². The van der Waals surface area contributed by atoms with Gasteiger partial charge in [-0.2, -0.15) is 24.2 Å². The molecule has 16 heavy (non-hydrogen) atoms. The van der Waals surface area contributed by atoms with Crippen LogP contribution in [0.2, 0.25) is 0 Å². The Morgan fingerprint density at radius 2 is 2.06 bits per heavy atom. The van der Waals surface area contributed by atoms with E-state index in [1.165, 1.54) is 15.4 Å². The molecule has 0 bridgehead atoms. The monoisotopic (exact) mass is 216 g/mol. The molecule has 3 aromatic rings. The number of rotatable bonds is 0. The van der Waals surface area contributed by atoms with Crippen LogP contribution in [0.25, 0.3) is 11.4 Å². The largest absolute Gasteiger partial charge is 0.296 e. The highest BCUT2D eigenvalue weighted by molar-refractivity contribution is 5.45. The summed E-state index contributed by atoms with van der Waals surface area (Å²) >= 11 is 0. The molecule has 0 amide bonds. The standard InChI is InChI=1S/C9H8N6O/c1-5-3-7-10-4-14-9(15(7)12-5)11-8(16)6(2)13-14/h3-4H,1-2H3. The second-order valence-corrected chi connectivity index (χ2v) is 3.55. The zero-order valence-corrected chi connectivity index (χ0v) is 8.75. The summed E-state index contributed by atoms with van der Waals surface area (Å²) in [4.78, 5) is 19.5. The first kappa shape index (κ1) is 8.96. The van der Waals surface area contributed by atoms with Crippen molar-refractivity contribution >= 4 is 11.4 Å². The molecule has 7 heteroatoms. The van der Waals surface area contributed by atoms with Crippen molar-refractivity contribution in [2.75, 3.05) is 0 Å². The fraction of sp³-hybridized carbons (Fsp3) is 0.222. The normalized spacial score (nSPS) is 11.4. The predicted molar refractivity (Wildman–Crippen MR) is 55.3 cm³/mol. The maximum Gasteiger partial charge on any atom is 0.296 e. The zero-order valence-electron chi connectivity index (χ0n) is 8.75. The molecule has 0 aliphatic heterocycles. The van der Waals surface area contributed by atoms with Crippen LogP contribution in [0.1, 0.15) is 11.4 Å². The first-order chi connectivity index (χ1) is 7.65. The Labute approximate surface area is 89.4 Å². The lowest BCUT2D eigenvalue weighted by molar-refractivity contribution is 0.763. The number of nitrogens with zero attached hydrogens (tertiary/aromatic N) is 6. The summed E-state index contributed by atoms with van der Waals surface area (Å²) in [6, 6.07) is 1.81. The molecule has 0 aliphatic carbocycles. The van der Waals surface area contributed by atoms with E-state index in [2.05, 4.69) is 20.2 Å². The van der Waals surface area contributed by atoms with Gasteiger partial charge >= 0.3 is 0 Å². The highest BCUT2D eigenvalue weighted by atomic mass is 16.1. The third-order valence-electron chi connectivity index (χ3n) is 2.28. The number of hydrogen-bond donors (Lipinski definition) is 0. The average Bonchev–Trinajstić information content (AvgIpc) is 2.61. The topological polar surface area (TPSA) is 77.5 Å². The third-order valence-corrected chi connectivity index (χ3v) is 2.28. The lowest BCUT2D eigenvalue weighted by atomic mass is 10.5. The maximum atomic E-state index is 11.4. The van der Waals surface area contributed by atoms with Crippen LogP contribution in [-0.4, -0.2) is 29.2 Å². The van der Waals surface area contributed by atoms with E-state index in [1.807, 2.05) is 13.0 Å². The second-order valence-electron chi connectivity index (χ2n) is 3.55. The summed E-state index contributed by atoms with van der Waals surface area (Å²) in [5, 5.41) is 8.26. The van der Waals surface area contributed by atoms with Gasteiger partial charge in [-0.15, -0.1) is 0 Å². The van der Waals surface area contributed by atoms with Crippen LogP contribution >= 0.6 is 0 Å². The van der Waals surface area contributed by atoms with Gasteiger partial charge in [-0.25, -0.2) is 4.98 Å². The van der Waals surface area contributed by atoms with E-state index in [9.17, 15) is 4.79 Å². The van der Waals surface area contributed by atoms with Crippen molar-refractivity contribution in [3.05, 3.63) is 34.1 Å². The van der Waals surface area contributed by atoms with Gasteiger partial charge in [0.1, 0.15) is 12.0 Å². The van der Waals surface area contributed by atoms with Gasteiger partial charge < -0.3 is 0 Å². The van der Waals surface area contributed by atoms with Crippen molar-refractivity contribution in [3.8, 4) is 0 Å². The van der Waals surface area contributed by atoms with E-state index < -0.39 is 0 Å². The van der Waals surface area contributed by atoms with E-state index in [1.54, 1.807) is 6.92 Å². The first-order valence-corrected chi connectivity index (χ1v) is 4.74. The van der Waals surface area contributed by atoms with Crippen LogP contribution in [0.15, 0.2) is 17.2 Å². The predicted octanol–water partition coefficient (Wildman–Crippen LogP) is -0.251. The molecule has 0 aliphatic rings. The van der Waals surface area contributed by atoms with Crippen molar-refractivity contribution in [2.45, 2.75) is 13.8 Å². The summed E-state index contributed by atoms with van der Waals surface area (Å²) in [5.74, 6) is 0.369. The van der Waals surface area contributed by atoms with E-state index in [0.29, 0.717) is 17.1 Å². The zero-order chi connectivity index (χ0) is 11.3. The Kier molecular flexibility index (Phi) is 1.59. The van der Waals surface area contributed by atoms with E-state index in [-0.39, 0.29) is 5.56 Å². The minimum Gasteiger partial charge on any atom is -0.265 e. The van der Waals surface area contributed by atoms with Crippen LogP contribution < -0.4 is 5.56 Å². The van der Waals surface area contributed by atoms with Crippen molar-refractivity contribution in [1.82, 2.24) is 29.2 Å². The fourth-order valence-corrected chi connectivity index (χ4v) is 1.53. The SMILES string of the molecule is Cc1cc2ncn3nc(C)c(=O)nc3n2n1. The second kappa shape index (κ2) is 2.84. The smallest absolute Gasteiger partial charge is 0.265 e. The van der Waals surface area contributed by atoms with Crippen LogP contribution in [0.3, 0.4) is 0 Å². The molecular formula is C9H8N6O. The minimum atomic E-state index is -0.347. The number of fused-ring (bicyclic) bond motifs is 3. The number of aryl methyl sites for hydroxylation is 2. The molecule has 0 aromatic carbocycles. The third kappa shape index (κ3) is 1.11. The summed E-state index contributed by atoms with van der Waals surface area (Å²) < 4.78 is 2.94. The van der Waals surface area contributed by atoms with Crippen molar-refractivity contribution in [2.24, 2.45) is 0 Å². The quantitative estimate of drug-likeness (QED) is 0.517. The molecule has 3 aromatic heterocycles. The summed E-state index contributed by atoms with van der Waals surface area (Å²) in [6.45, 7) is 3.46. The molecule has 0 N–H and O–H groups in total. The Balaban J connectivity index is 2.59. The highest BCUT2D eigenvalue weighted by Crippen LogP contribution is 2.04. The molecular weight excluding hydrogens is 208 g/mol. The molecule has 0 spiro atoms. The summed E-state index contributed by atoms with van der Waals surface area (Å²) in [6.07, 6.45) is 1.52. The van der Waals surface area contributed by atoms with Crippen molar-refractivity contribution < 1.29 is 0 Å².